The van der Waals surface area contributed by atoms with Gasteiger partial charge in [0.2, 0.25) is 17.7 Å². The zero-order valence-corrected chi connectivity index (χ0v) is 20.0. The third-order valence-electron chi connectivity index (χ3n) is 6.80. The number of carbonyl (C=O) groups excluding carboxylic acids is 3. The second-order valence-electron chi connectivity index (χ2n) is 9.06. The van der Waals surface area contributed by atoms with Crippen molar-refractivity contribution in [1.29, 1.82) is 0 Å². The van der Waals surface area contributed by atoms with Crippen LogP contribution in [0.25, 0.3) is 0 Å². The summed E-state index contributed by atoms with van der Waals surface area (Å²) in [6, 6.07) is 14.8. The van der Waals surface area contributed by atoms with Crippen molar-refractivity contribution in [1.82, 2.24) is 10.2 Å². The van der Waals surface area contributed by atoms with Gasteiger partial charge in [-0.1, -0.05) is 35.9 Å². The fraction of sp³-hybridized carbons (Fsp3) is 0.444. The van der Waals surface area contributed by atoms with Crippen molar-refractivity contribution in [2.75, 3.05) is 31.6 Å². The third kappa shape index (κ3) is 5.08. The number of hydrogen-bond acceptors (Lipinski definition) is 4. The number of likely N-dealkylation sites (tertiary alicyclic amines) is 1. The summed E-state index contributed by atoms with van der Waals surface area (Å²) < 4.78 is 5.61. The number of aryl methyl sites for hydroxylation is 1. The highest BCUT2D eigenvalue weighted by Gasteiger charge is 2.42. The lowest BCUT2D eigenvalue weighted by Crippen LogP contribution is -2.48. The lowest BCUT2D eigenvalue weighted by molar-refractivity contribution is -0.130. The quantitative estimate of drug-likeness (QED) is 0.680. The van der Waals surface area contributed by atoms with Crippen LogP contribution in [-0.2, 0) is 14.4 Å². The molecule has 34 heavy (non-hydrogen) atoms. The van der Waals surface area contributed by atoms with E-state index in [-0.39, 0.29) is 24.1 Å². The van der Waals surface area contributed by atoms with Gasteiger partial charge in [0.05, 0.1) is 19.1 Å². The summed E-state index contributed by atoms with van der Waals surface area (Å²) in [5, 5.41) is 2.97. The van der Waals surface area contributed by atoms with E-state index in [1.807, 2.05) is 60.4 Å². The molecule has 180 valence electrons. The molecule has 0 radical (unpaired) electrons. The first-order valence-electron chi connectivity index (χ1n) is 12.1. The average Bonchev–Trinajstić information content (AvgIpc) is 3.39. The fourth-order valence-corrected chi connectivity index (χ4v) is 4.99. The summed E-state index contributed by atoms with van der Waals surface area (Å²) in [5.74, 6) is 0.0976. The summed E-state index contributed by atoms with van der Waals surface area (Å²) in [6.45, 7) is 3.90. The van der Waals surface area contributed by atoms with Crippen LogP contribution < -0.4 is 15.0 Å². The predicted molar refractivity (Wildman–Crippen MR) is 131 cm³/mol. The van der Waals surface area contributed by atoms with Crippen LogP contribution in [-0.4, -0.2) is 49.4 Å². The van der Waals surface area contributed by atoms with Crippen LogP contribution in [0.1, 0.15) is 49.3 Å². The van der Waals surface area contributed by atoms with Crippen molar-refractivity contribution < 1.29 is 19.1 Å². The molecule has 2 unspecified atom stereocenters. The Morgan fingerprint density at radius 3 is 2.47 bits per heavy atom. The molecule has 7 heteroatoms. The first-order chi connectivity index (χ1) is 16.5. The first-order valence-corrected chi connectivity index (χ1v) is 12.1. The molecule has 2 heterocycles. The molecule has 1 N–H and O–H groups in total. The van der Waals surface area contributed by atoms with E-state index < -0.39 is 12.0 Å². The summed E-state index contributed by atoms with van der Waals surface area (Å²) in [4.78, 5) is 42.6. The molecule has 4 rings (SSSR count). The van der Waals surface area contributed by atoms with E-state index in [2.05, 4.69) is 5.32 Å². The van der Waals surface area contributed by atoms with Crippen LogP contribution in [0.15, 0.2) is 48.5 Å². The molecule has 2 fully saturated rings. The Kier molecular flexibility index (Phi) is 7.50. The molecule has 2 aromatic rings. The molecule has 2 aliphatic heterocycles. The van der Waals surface area contributed by atoms with Crippen molar-refractivity contribution in [2.24, 2.45) is 5.92 Å². The van der Waals surface area contributed by atoms with Gasteiger partial charge in [0.1, 0.15) is 5.75 Å². The van der Waals surface area contributed by atoms with Gasteiger partial charge in [0.25, 0.3) is 0 Å². The first kappa shape index (κ1) is 23.8. The van der Waals surface area contributed by atoms with Gasteiger partial charge in [-0.3, -0.25) is 14.4 Å². The van der Waals surface area contributed by atoms with Crippen LogP contribution in [0.4, 0.5) is 5.69 Å². The third-order valence-corrected chi connectivity index (χ3v) is 6.80. The number of anilines is 1. The number of nitrogens with zero attached hydrogens (tertiary/aromatic N) is 2. The molecule has 0 spiro atoms. The summed E-state index contributed by atoms with van der Waals surface area (Å²) >= 11 is 0. The molecule has 2 saturated heterocycles. The van der Waals surface area contributed by atoms with Gasteiger partial charge in [-0.25, -0.2) is 0 Å². The number of rotatable bonds is 7. The number of ether oxygens (including phenoxy) is 1. The average molecular weight is 464 g/mol. The molecule has 7 nitrogen and oxygen atoms in total. The molecular formula is C27H33N3O4. The van der Waals surface area contributed by atoms with Crippen molar-refractivity contribution in [3.63, 3.8) is 0 Å². The summed E-state index contributed by atoms with van der Waals surface area (Å²) in [6.07, 6.45) is 3.10. The van der Waals surface area contributed by atoms with Gasteiger partial charge in [0, 0.05) is 43.7 Å². The number of carbonyl (C=O) groups is 3. The Morgan fingerprint density at radius 2 is 1.76 bits per heavy atom. The Bertz CT molecular complexity index is 1030. The van der Waals surface area contributed by atoms with E-state index in [4.69, 9.17) is 4.74 Å². The van der Waals surface area contributed by atoms with Crippen molar-refractivity contribution in [3.05, 3.63) is 59.7 Å². The monoisotopic (exact) mass is 463 g/mol. The second kappa shape index (κ2) is 10.7. The molecule has 0 bridgehead atoms. The molecule has 2 aromatic carbocycles. The molecule has 2 atom stereocenters. The van der Waals surface area contributed by atoms with Crippen LogP contribution in [0, 0.1) is 12.8 Å². The SMILES string of the molecule is COc1ccccc1C1C(C(=O)NCCC(=O)N2CCCC2)CCC(=O)N1c1ccc(C)cc1. The molecular weight excluding hydrogens is 430 g/mol. The van der Waals surface area contributed by atoms with Gasteiger partial charge in [-0.2, -0.15) is 0 Å². The standard InChI is InChI=1S/C27H33N3O4/c1-19-9-11-20(12-10-19)30-25(32)14-13-22(26(30)21-7-3-4-8-23(21)34-2)27(33)28-16-15-24(31)29-17-5-6-18-29/h3-4,7-12,22,26H,5-6,13-18H2,1-2H3,(H,28,33). The second-order valence-corrected chi connectivity index (χ2v) is 9.06. The molecule has 0 aliphatic carbocycles. The number of nitrogens with one attached hydrogen (secondary N) is 1. The maximum atomic E-state index is 13.4. The maximum absolute atomic E-state index is 13.4. The van der Waals surface area contributed by atoms with Gasteiger partial charge in [-0.05, 0) is 44.4 Å². The minimum atomic E-state index is -0.505. The van der Waals surface area contributed by atoms with Crippen molar-refractivity contribution in [3.8, 4) is 5.75 Å². The molecule has 3 amide bonds. The summed E-state index contributed by atoms with van der Waals surface area (Å²) in [5.41, 5.74) is 2.65. The van der Waals surface area contributed by atoms with Gasteiger partial charge in [-0.15, -0.1) is 0 Å². The Balaban J connectivity index is 1.59. The zero-order chi connectivity index (χ0) is 24.1. The highest BCUT2D eigenvalue weighted by molar-refractivity contribution is 5.97. The smallest absolute Gasteiger partial charge is 0.227 e. The Labute approximate surface area is 201 Å². The Hall–Kier alpha value is -3.35. The van der Waals surface area contributed by atoms with Crippen LogP contribution in [0.2, 0.25) is 0 Å². The highest BCUT2D eigenvalue weighted by atomic mass is 16.5. The lowest BCUT2D eigenvalue weighted by atomic mass is 9.82. The van der Waals surface area contributed by atoms with E-state index in [0.717, 1.165) is 42.7 Å². The topological polar surface area (TPSA) is 79.0 Å². The van der Waals surface area contributed by atoms with E-state index in [1.54, 1.807) is 12.0 Å². The number of methoxy groups -OCH3 is 1. The Morgan fingerprint density at radius 1 is 1.06 bits per heavy atom. The number of hydrogen-bond donors (Lipinski definition) is 1. The molecule has 0 saturated carbocycles. The van der Waals surface area contributed by atoms with Gasteiger partial charge in [0.15, 0.2) is 0 Å². The van der Waals surface area contributed by atoms with E-state index in [9.17, 15) is 14.4 Å². The lowest BCUT2D eigenvalue weighted by Gasteiger charge is -2.41. The van der Waals surface area contributed by atoms with Crippen molar-refractivity contribution in [2.45, 2.75) is 45.1 Å². The molecule has 2 aliphatic rings. The minimum absolute atomic E-state index is 0.0204. The normalized spacial score (nSPS) is 20.4. The number of piperidine rings is 1. The fourth-order valence-electron chi connectivity index (χ4n) is 4.99. The van der Waals surface area contributed by atoms with Crippen LogP contribution in [0.5, 0.6) is 5.75 Å². The summed E-state index contributed by atoms with van der Waals surface area (Å²) in [7, 11) is 1.60. The van der Waals surface area contributed by atoms with Gasteiger partial charge >= 0.3 is 0 Å². The predicted octanol–water partition coefficient (Wildman–Crippen LogP) is 3.62. The zero-order valence-electron chi connectivity index (χ0n) is 20.0. The minimum Gasteiger partial charge on any atom is -0.496 e. The van der Waals surface area contributed by atoms with E-state index in [0.29, 0.717) is 25.1 Å². The number of benzene rings is 2. The largest absolute Gasteiger partial charge is 0.496 e. The highest BCUT2D eigenvalue weighted by Crippen LogP contribution is 2.43. The molecule has 0 aromatic heterocycles. The number of amides is 3. The van der Waals surface area contributed by atoms with Crippen LogP contribution >= 0.6 is 0 Å². The number of para-hydroxylation sites is 1. The van der Waals surface area contributed by atoms with Crippen LogP contribution in [0.3, 0.4) is 0 Å². The van der Waals surface area contributed by atoms with Crippen molar-refractivity contribution >= 4 is 23.4 Å². The van der Waals surface area contributed by atoms with E-state index in [1.165, 1.54) is 0 Å². The van der Waals surface area contributed by atoms with Gasteiger partial charge < -0.3 is 19.9 Å². The van der Waals surface area contributed by atoms with E-state index >= 15 is 0 Å². The maximum Gasteiger partial charge on any atom is 0.227 e.